The van der Waals surface area contributed by atoms with Gasteiger partial charge in [0.25, 0.3) is 0 Å². The first-order chi connectivity index (χ1) is 25.7. The van der Waals surface area contributed by atoms with Crippen LogP contribution in [0.2, 0.25) is 0 Å². The molecule has 8 aromatic carbocycles. The number of hydrogen-bond acceptors (Lipinski definition) is 1. The van der Waals surface area contributed by atoms with Gasteiger partial charge < -0.3 is 0 Å². The first kappa shape index (κ1) is 30.5. The van der Waals surface area contributed by atoms with E-state index in [1.807, 2.05) is 0 Å². The second-order valence-corrected chi connectivity index (χ2v) is 14.1. The predicted octanol–water partition coefficient (Wildman–Crippen LogP) is 14.1. The van der Waals surface area contributed by atoms with Crippen LogP contribution in [0.15, 0.2) is 176 Å². The van der Waals surface area contributed by atoms with Gasteiger partial charge in [0.2, 0.25) is 0 Å². The van der Waals surface area contributed by atoms with E-state index in [2.05, 4.69) is 183 Å². The Hall–Kier alpha value is -6.31. The maximum absolute atomic E-state index is 5.28. The quantitative estimate of drug-likeness (QED) is 0.161. The highest BCUT2D eigenvalue weighted by molar-refractivity contribution is 6.28. The average Bonchev–Trinajstić information content (AvgIpc) is 3.53. The zero-order valence-electron chi connectivity index (χ0n) is 29.2. The van der Waals surface area contributed by atoms with E-state index in [1.54, 1.807) is 0 Å². The first-order valence-electron chi connectivity index (χ1n) is 18.5. The fourth-order valence-electron chi connectivity index (χ4n) is 8.71. The van der Waals surface area contributed by atoms with Gasteiger partial charge in [-0.2, -0.15) is 0 Å². The summed E-state index contributed by atoms with van der Waals surface area (Å²) in [5.74, 6) is 0.470. The lowest BCUT2D eigenvalue weighted by Crippen LogP contribution is -1.95. The molecule has 0 bridgehead atoms. The molecule has 1 nitrogen and oxygen atoms in total. The van der Waals surface area contributed by atoms with Gasteiger partial charge in [-0.1, -0.05) is 165 Å². The topological polar surface area (TPSA) is 12.9 Å². The fraction of sp³-hybridized carbons (Fsp3) is 0.0784. The second-order valence-electron chi connectivity index (χ2n) is 14.1. The number of hydrogen-bond donors (Lipinski definition) is 0. The highest BCUT2D eigenvalue weighted by atomic mass is 14.7. The van der Waals surface area contributed by atoms with Crippen LogP contribution in [-0.4, -0.2) is 4.98 Å². The number of pyridine rings is 1. The van der Waals surface area contributed by atoms with E-state index in [-0.39, 0.29) is 0 Å². The monoisotopic (exact) mass is 663 g/mol. The molecule has 0 saturated carbocycles. The number of aromatic nitrogens is 1. The van der Waals surface area contributed by atoms with Crippen LogP contribution in [0.25, 0.3) is 88.2 Å². The number of rotatable bonds is 6. The number of fused-ring (bicyclic) bond motifs is 9. The molecule has 1 heterocycles. The van der Waals surface area contributed by atoms with Crippen LogP contribution >= 0.6 is 0 Å². The highest BCUT2D eigenvalue weighted by Crippen LogP contribution is 2.49. The van der Waals surface area contributed by atoms with E-state index in [4.69, 9.17) is 4.98 Å². The van der Waals surface area contributed by atoms with Crippen LogP contribution in [0, 0.1) is 0 Å². The van der Waals surface area contributed by atoms with Gasteiger partial charge in [0.1, 0.15) is 0 Å². The number of nitrogens with zero attached hydrogens (tertiary/aromatic N) is 1. The van der Waals surface area contributed by atoms with Gasteiger partial charge in [-0.3, -0.25) is 0 Å². The van der Waals surface area contributed by atoms with Crippen LogP contribution in [0.1, 0.15) is 36.8 Å². The molecule has 1 heteroatoms. The van der Waals surface area contributed by atoms with E-state index in [0.717, 1.165) is 28.1 Å². The van der Waals surface area contributed by atoms with Gasteiger partial charge in [0.05, 0.1) is 11.4 Å². The Kier molecular flexibility index (Phi) is 7.32. The van der Waals surface area contributed by atoms with E-state index < -0.39 is 0 Å². The van der Waals surface area contributed by atoms with Crippen LogP contribution < -0.4 is 0 Å². The summed E-state index contributed by atoms with van der Waals surface area (Å²) in [6.45, 7) is 2.30. The van der Waals surface area contributed by atoms with Gasteiger partial charge >= 0.3 is 0 Å². The van der Waals surface area contributed by atoms with Crippen molar-refractivity contribution < 1.29 is 0 Å². The summed E-state index contributed by atoms with van der Waals surface area (Å²) in [5.41, 5.74) is 14.8. The molecule has 0 saturated heterocycles. The van der Waals surface area contributed by atoms with E-state index in [9.17, 15) is 0 Å². The molecule has 1 aliphatic carbocycles. The Morgan fingerprint density at radius 2 is 0.981 bits per heavy atom. The molecule has 0 fully saturated rings. The van der Waals surface area contributed by atoms with Crippen molar-refractivity contribution >= 4 is 32.3 Å². The van der Waals surface area contributed by atoms with Crippen molar-refractivity contribution in [2.24, 2.45) is 0 Å². The van der Waals surface area contributed by atoms with Crippen molar-refractivity contribution in [2.45, 2.75) is 25.7 Å². The maximum Gasteiger partial charge on any atom is 0.0715 e. The van der Waals surface area contributed by atoms with Gasteiger partial charge in [-0.05, 0) is 108 Å². The van der Waals surface area contributed by atoms with E-state index in [0.29, 0.717) is 5.92 Å². The molecule has 0 amide bonds. The van der Waals surface area contributed by atoms with Crippen LogP contribution in [0.3, 0.4) is 0 Å². The van der Waals surface area contributed by atoms with Crippen molar-refractivity contribution in [2.75, 3.05) is 0 Å². The summed E-state index contributed by atoms with van der Waals surface area (Å²) in [6, 6.07) is 64.5. The fourth-order valence-corrected chi connectivity index (χ4v) is 8.71. The Labute approximate surface area is 304 Å². The standard InChI is InChI=1S/C51H37N/c1-2-14-39-40-19-9-11-21-42(40)47-29-35(25-27-44(39)47)38-23-13-24-45-41-20-10-12-22-43(41)48-30-36(26-28-46(48)51(38)45)50-32-37(33-15-5-3-6-16-33)31-49(52-50)34-17-7-4-8-18-34/h3-13,15-32,39H,2,14H2,1H3. The molecular formula is C51H37N. The third kappa shape index (κ3) is 4.96. The summed E-state index contributed by atoms with van der Waals surface area (Å²) < 4.78 is 0. The van der Waals surface area contributed by atoms with Crippen molar-refractivity contribution in [1.82, 2.24) is 4.98 Å². The predicted molar refractivity (Wildman–Crippen MR) is 221 cm³/mol. The summed E-state index contributed by atoms with van der Waals surface area (Å²) in [7, 11) is 0. The summed E-state index contributed by atoms with van der Waals surface area (Å²) in [5, 5.41) is 7.63. The van der Waals surface area contributed by atoms with Gasteiger partial charge in [-0.25, -0.2) is 4.98 Å². The van der Waals surface area contributed by atoms with Gasteiger partial charge in [-0.15, -0.1) is 0 Å². The minimum Gasteiger partial charge on any atom is -0.248 e. The molecule has 0 radical (unpaired) electrons. The molecule has 0 spiro atoms. The van der Waals surface area contributed by atoms with Crippen molar-refractivity contribution in [3.05, 3.63) is 187 Å². The minimum atomic E-state index is 0.470. The molecule has 1 unspecified atom stereocenters. The minimum absolute atomic E-state index is 0.470. The van der Waals surface area contributed by atoms with Crippen molar-refractivity contribution in [3.63, 3.8) is 0 Å². The maximum atomic E-state index is 5.28. The molecule has 10 rings (SSSR count). The molecule has 0 N–H and O–H groups in total. The highest BCUT2D eigenvalue weighted by Gasteiger charge is 2.28. The zero-order chi connectivity index (χ0) is 34.6. The zero-order valence-corrected chi connectivity index (χ0v) is 29.2. The molecule has 52 heavy (non-hydrogen) atoms. The first-order valence-corrected chi connectivity index (χ1v) is 18.5. The second kappa shape index (κ2) is 12.5. The van der Waals surface area contributed by atoms with Crippen molar-refractivity contribution in [1.29, 1.82) is 0 Å². The summed E-state index contributed by atoms with van der Waals surface area (Å²) in [6.07, 6.45) is 2.34. The van der Waals surface area contributed by atoms with Crippen LogP contribution in [-0.2, 0) is 0 Å². The summed E-state index contributed by atoms with van der Waals surface area (Å²) >= 11 is 0. The van der Waals surface area contributed by atoms with Gasteiger partial charge in [0.15, 0.2) is 0 Å². The number of benzene rings is 8. The molecule has 1 atom stereocenters. The Morgan fingerprint density at radius 1 is 0.385 bits per heavy atom. The van der Waals surface area contributed by atoms with Crippen LogP contribution in [0.4, 0.5) is 0 Å². The smallest absolute Gasteiger partial charge is 0.0715 e. The Morgan fingerprint density at radius 3 is 1.77 bits per heavy atom. The average molecular weight is 664 g/mol. The normalized spacial score (nSPS) is 13.4. The van der Waals surface area contributed by atoms with E-state index in [1.165, 1.54) is 84.1 Å². The lowest BCUT2D eigenvalue weighted by molar-refractivity contribution is 0.711. The lowest BCUT2D eigenvalue weighted by atomic mass is 9.87. The molecule has 1 aliphatic rings. The molecular weight excluding hydrogens is 627 g/mol. The third-order valence-corrected chi connectivity index (χ3v) is 11.1. The third-order valence-electron chi connectivity index (χ3n) is 11.1. The lowest BCUT2D eigenvalue weighted by Gasteiger charge is -2.17. The Bertz CT molecular complexity index is 2740. The molecule has 0 aliphatic heterocycles. The molecule has 9 aromatic rings. The summed E-state index contributed by atoms with van der Waals surface area (Å²) in [4.78, 5) is 5.28. The van der Waals surface area contributed by atoms with Crippen molar-refractivity contribution in [3.8, 4) is 55.9 Å². The van der Waals surface area contributed by atoms with Crippen LogP contribution in [0.5, 0.6) is 0 Å². The molecule has 246 valence electrons. The largest absolute Gasteiger partial charge is 0.248 e. The molecule has 1 aromatic heterocycles. The van der Waals surface area contributed by atoms with E-state index >= 15 is 0 Å². The Balaban J connectivity index is 1.20. The SMILES string of the molecule is CCCC1c2ccccc2-c2cc(-c3cccc4c5ccccc5c5cc(-c6cc(-c7ccccc7)cc(-c7ccccc7)n6)ccc5c34)ccc21. The van der Waals surface area contributed by atoms with Gasteiger partial charge in [0, 0.05) is 17.0 Å².